The SMILES string of the molecule is COc1ccc(NC(=O)c2c(C)oc3ccc(O)c(CN4C[C@@H](C)O[C@@H](C)C4)c23)cc1. The van der Waals surface area contributed by atoms with Gasteiger partial charge in [-0.3, -0.25) is 9.69 Å². The van der Waals surface area contributed by atoms with Crippen molar-refractivity contribution in [1.82, 2.24) is 4.90 Å². The number of ether oxygens (including phenoxy) is 2. The Labute approximate surface area is 181 Å². The second-order valence-electron chi connectivity index (χ2n) is 8.10. The third-order valence-electron chi connectivity index (χ3n) is 5.57. The molecule has 0 saturated carbocycles. The van der Waals surface area contributed by atoms with Gasteiger partial charge in [0.2, 0.25) is 0 Å². The maximum atomic E-state index is 13.2. The Hall–Kier alpha value is -3.03. The zero-order chi connectivity index (χ0) is 22.1. The van der Waals surface area contributed by atoms with E-state index >= 15 is 0 Å². The molecule has 2 N–H and O–H groups in total. The van der Waals surface area contributed by atoms with Crippen LogP contribution in [-0.2, 0) is 11.3 Å². The lowest BCUT2D eigenvalue weighted by Gasteiger charge is -2.35. The third kappa shape index (κ3) is 4.38. The van der Waals surface area contributed by atoms with Crippen LogP contribution >= 0.6 is 0 Å². The highest BCUT2D eigenvalue weighted by atomic mass is 16.5. The Morgan fingerprint density at radius 1 is 1.16 bits per heavy atom. The number of amides is 1. The highest BCUT2D eigenvalue weighted by Gasteiger charge is 2.27. The molecular formula is C24H28N2O5. The molecule has 0 bridgehead atoms. The molecular weight excluding hydrogens is 396 g/mol. The molecule has 2 atom stereocenters. The fraction of sp³-hybridized carbons (Fsp3) is 0.375. The lowest BCUT2D eigenvalue weighted by molar-refractivity contribution is -0.0705. The van der Waals surface area contributed by atoms with Gasteiger partial charge in [0, 0.05) is 36.3 Å². The number of carbonyl (C=O) groups is 1. The number of phenolic OH excluding ortho intramolecular Hbond substituents is 1. The van der Waals surface area contributed by atoms with Crippen molar-refractivity contribution in [3.63, 3.8) is 0 Å². The number of hydrogen-bond donors (Lipinski definition) is 2. The molecule has 164 valence electrons. The molecule has 1 fully saturated rings. The van der Waals surface area contributed by atoms with E-state index in [4.69, 9.17) is 13.9 Å². The number of nitrogens with one attached hydrogen (secondary N) is 1. The van der Waals surface area contributed by atoms with Gasteiger partial charge in [0.05, 0.1) is 24.9 Å². The van der Waals surface area contributed by atoms with Crippen LogP contribution in [0.4, 0.5) is 5.69 Å². The predicted molar refractivity (Wildman–Crippen MR) is 119 cm³/mol. The summed E-state index contributed by atoms with van der Waals surface area (Å²) < 4.78 is 16.9. The van der Waals surface area contributed by atoms with E-state index in [1.807, 2.05) is 13.8 Å². The minimum absolute atomic E-state index is 0.106. The van der Waals surface area contributed by atoms with Crippen LogP contribution < -0.4 is 10.1 Å². The van der Waals surface area contributed by atoms with E-state index in [-0.39, 0.29) is 23.9 Å². The summed E-state index contributed by atoms with van der Waals surface area (Å²) in [6, 6.07) is 10.5. The van der Waals surface area contributed by atoms with E-state index in [9.17, 15) is 9.90 Å². The van der Waals surface area contributed by atoms with Gasteiger partial charge in [-0.25, -0.2) is 0 Å². The van der Waals surface area contributed by atoms with Crippen molar-refractivity contribution in [2.24, 2.45) is 0 Å². The molecule has 3 aromatic rings. The van der Waals surface area contributed by atoms with Crippen LogP contribution in [0, 0.1) is 6.92 Å². The van der Waals surface area contributed by atoms with Crippen LogP contribution in [0.15, 0.2) is 40.8 Å². The number of rotatable bonds is 5. The first-order valence-electron chi connectivity index (χ1n) is 10.4. The highest BCUT2D eigenvalue weighted by molar-refractivity contribution is 6.14. The largest absolute Gasteiger partial charge is 0.508 e. The molecule has 7 heteroatoms. The summed E-state index contributed by atoms with van der Waals surface area (Å²) >= 11 is 0. The number of morpholine rings is 1. The second-order valence-corrected chi connectivity index (χ2v) is 8.10. The molecule has 1 saturated heterocycles. The van der Waals surface area contributed by atoms with Crippen molar-refractivity contribution in [1.29, 1.82) is 0 Å². The summed E-state index contributed by atoms with van der Waals surface area (Å²) in [7, 11) is 1.60. The Kier molecular flexibility index (Phi) is 5.89. The van der Waals surface area contributed by atoms with Gasteiger partial charge in [-0.2, -0.15) is 0 Å². The van der Waals surface area contributed by atoms with Gasteiger partial charge < -0.3 is 24.3 Å². The second kappa shape index (κ2) is 8.61. The molecule has 1 aromatic heterocycles. The maximum Gasteiger partial charge on any atom is 0.259 e. The van der Waals surface area contributed by atoms with Crippen molar-refractivity contribution < 1.29 is 23.8 Å². The summed E-state index contributed by atoms with van der Waals surface area (Å²) in [6.07, 6.45) is 0.211. The van der Waals surface area contributed by atoms with Crippen molar-refractivity contribution in [2.45, 2.75) is 39.5 Å². The molecule has 1 amide bonds. The van der Waals surface area contributed by atoms with Crippen LogP contribution in [0.1, 0.15) is 35.5 Å². The average Bonchev–Trinajstić information content (AvgIpc) is 3.06. The Morgan fingerprint density at radius 3 is 2.48 bits per heavy atom. The number of aryl methyl sites for hydroxylation is 1. The standard InChI is InChI=1S/C24H28N2O5/c1-14-11-26(12-15(2)30-14)13-19-20(27)9-10-21-23(19)22(16(3)31-21)24(28)25-17-5-7-18(29-4)8-6-17/h5-10,14-15,27H,11-13H2,1-4H3,(H,25,28)/t14-,15+. The molecule has 0 unspecified atom stereocenters. The van der Waals surface area contributed by atoms with Crippen LogP contribution in [0.2, 0.25) is 0 Å². The van der Waals surface area contributed by atoms with E-state index < -0.39 is 0 Å². The summed E-state index contributed by atoms with van der Waals surface area (Å²) in [5.41, 5.74) is 2.36. The minimum Gasteiger partial charge on any atom is -0.508 e. The van der Waals surface area contributed by atoms with Gasteiger partial charge in [0.25, 0.3) is 5.91 Å². The van der Waals surface area contributed by atoms with Gasteiger partial charge in [-0.15, -0.1) is 0 Å². The summed E-state index contributed by atoms with van der Waals surface area (Å²) in [5.74, 6) is 1.09. The first-order chi connectivity index (χ1) is 14.9. The van der Waals surface area contributed by atoms with E-state index in [0.29, 0.717) is 45.8 Å². The number of hydrogen-bond acceptors (Lipinski definition) is 6. The van der Waals surface area contributed by atoms with Gasteiger partial charge in [-0.05, 0) is 57.2 Å². The Morgan fingerprint density at radius 2 is 1.84 bits per heavy atom. The van der Waals surface area contributed by atoms with E-state index in [1.165, 1.54) is 0 Å². The number of carbonyl (C=O) groups excluding carboxylic acids is 1. The number of nitrogens with zero attached hydrogens (tertiary/aromatic N) is 1. The minimum atomic E-state index is -0.281. The molecule has 1 aliphatic rings. The third-order valence-corrected chi connectivity index (χ3v) is 5.57. The molecule has 2 aromatic carbocycles. The van der Waals surface area contributed by atoms with E-state index in [1.54, 1.807) is 50.4 Å². The molecule has 0 radical (unpaired) electrons. The number of phenols is 1. The molecule has 31 heavy (non-hydrogen) atoms. The topological polar surface area (TPSA) is 84.2 Å². The number of furan rings is 1. The fourth-order valence-electron chi connectivity index (χ4n) is 4.30. The first-order valence-corrected chi connectivity index (χ1v) is 10.4. The van der Waals surface area contributed by atoms with Crippen molar-refractivity contribution in [3.05, 3.63) is 53.3 Å². The number of benzene rings is 2. The lowest BCUT2D eigenvalue weighted by atomic mass is 10.0. The zero-order valence-corrected chi connectivity index (χ0v) is 18.3. The summed E-state index contributed by atoms with van der Waals surface area (Å²) in [4.78, 5) is 15.4. The molecule has 1 aliphatic heterocycles. The van der Waals surface area contributed by atoms with E-state index in [2.05, 4.69) is 10.2 Å². The van der Waals surface area contributed by atoms with Crippen LogP contribution in [0.3, 0.4) is 0 Å². The molecule has 4 rings (SSSR count). The number of anilines is 1. The van der Waals surface area contributed by atoms with Crippen LogP contribution in [-0.4, -0.2) is 48.3 Å². The predicted octanol–water partition coefficient (Wildman–Crippen LogP) is 4.32. The van der Waals surface area contributed by atoms with Gasteiger partial charge in [-0.1, -0.05) is 0 Å². The zero-order valence-electron chi connectivity index (χ0n) is 18.3. The fourth-order valence-corrected chi connectivity index (χ4v) is 4.30. The maximum absolute atomic E-state index is 13.2. The quantitative estimate of drug-likeness (QED) is 0.635. The first kappa shape index (κ1) is 21.2. The van der Waals surface area contributed by atoms with E-state index in [0.717, 1.165) is 13.1 Å². The molecule has 0 spiro atoms. The van der Waals surface area contributed by atoms with Crippen molar-refractivity contribution >= 4 is 22.6 Å². The smallest absolute Gasteiger partial charge is 0.259 e. The van der Waals surface area contributed by atoms with Crippen LogP contribution in [0.5, 0.6) is 11.5 Å². The Balaban J connectivity index is 1.69. The Bertz CT molecular complexity index is 1080. The highest BCUT2D eigenvalue weighted by Crippen LogP contribution is 2.35. The lowest BCUT2D eigenvalue weighted by Crippen LogP contribution is -2.44. The van der Waals surface area contributed by atoms with Gasteiger partial charge >= 0.3 is 0 Å². The van der Waals surface area contributed by atoms with Crippen molar-refractivity contribution in [2.75, 3.05) is 25.5 Å². The number of aromatic hydroxyl groups is 1. The van der Waals surface area contributed by atoms with Crippen molar-refractivity contribution in [3.8, 4) is 11.5 Å². The average molecular weight is 424 g/mol. The number of fused-ring (bicyclic) bond motifs is 1. The molecule has 7 nitrogen and oxygen atoms in total. The molecule has 0 aliphatic carbocycles. The van der Waals surface area contributed by atoms with Gasteiger partial charge in [0.1, 0.15) is 22.8 Å². The van der Waals surface area contributed by atoms with Crippen LogP contribution in [0.25, 0.3) is 11.0 Å². The summed E-state index contributed by atoms with van der Waals surface area (Å²) in [5, 5.41) is 14.3. The number of methoxy groups -OCH3 is 1. The molecule has 2 heterocycles. The van der Waals surface area contributed by atoms with Gasteiger partial charge in [0.15, 0.2) is 0 Å². The summed E-state index contributed by atoms with van der Waals surface area (Å²) in [6.45, 7) is 7.86. The monoisotopic (exact) mass is 424 g/mol. The normalized spacial score (nSPS) is 19.5.